The third-order valence-electron chi connectivity index (χ3n) is 3.13. The van der Waals surface area contributed by atoms with Crippen LogP contribution in [0, 0.1) is 0 Å². The first-order valence-corrected chi connectivity index (χ1v) is 10.0. The van der Waals surface area contributed by atoms with Crippen LogP contribution in [0.25, 0.3) is 0 Å². The number of nitrogens with two attached hydrogens (primary N) is 1. The summed E-state index contributed by atoms with van der Waals surface area (Å²) in [6, 6.07) is 13.4. The molecule has 0 bridgehead atoms. The van der Waals surface area contributed by atoms with Gasteiger partial charge in [0.25, 0.3) is 10.5 Å². The largest absolute Gasteiger partial charge is 0.361 e. The maximum Gasteiger partial charge on any atom is 0.278 e. The van der Waals surface area contributed by atoms with E-state index >= 15 is 0 Å². The molecule has 2 N–H and O–H groups in total. The predicted octanol–water partition coefficient (Wildman–Crippen LogP) is 2.88. The minimum Gasteiger partial charge on any atom is -0.361 e. The Kier molecular flexibility index (Phi) is 10.7. The second kappa shape index (κ2) is 12.5. The van der Waals surface area contributed by atoms with E-state index in [0.29, 0.717) is 24.6 Å². The van der Waals surface area contributed by atoms with Gasteiger partial charge in [-0.2, -0.15) is 0 Å². The van der Waals surface area contributed by atoms with E-state index in [9.17, 15) is 9.00 Å². The van der Waals surface area contributed by atoms with Crippen LogP contribution in [-0.4, -0.2) is 36.9 Å². The summed E-state index contributed by atoms with van der Waals surface area (Å²) in [6.45, 7) is 0.843. The summed E-state index contributed by atoms with van der Waals surface area (Å²) >= 11 is 7.00. The molecule has 0 aliphatic rings. The van der Waals surface area contributed by atoms with Gasteiger partial charge in [-0.15, -0.1) is 0 Å². The number of carbonyl (C=O) groups is 2. The molecular formula is C17H21N3O3S3. The summed E-state index contributed by atoms with van der Waals surface area (Å²) < 4.78 is 12.1. The van der Waals surface area contributed by atoms with Crippen molar-refractivity contribution in [2.45, 2.75) is 12.3 Å². The number of aromatic nitrogens is 1. The van der Waals surface area contributed by atoms with Crippen molar-refractivity contribution in [3.05, 3.63) is 66.0 Å². The molecule has 0 aliphatic carbocycles. The van der Waals surface area contributed by atoms with E-state index in [1.165, 1.54) is 0 Å². The fourth-order valence-corrected chi connectivity index (χ4v) is 3.30. The van der Waals surface area contributed by atoms with Gasteiger partial charge >= 0.3 is 0 Å². The zero-order valence-corrected chi connectivity index (χ0v) is 16.6. The molecule has 140 valence electrons. The van der Waals surface area contributed by atoms with E-state index in [1.54, 1.807) is 17.3 Å². The molecule has 0 saturated heterocycles. The first-order chi connectivity index (χ1) is 12.4. The summed E-state index contributed by atoms with van der Waals surface area (Å²) in [5.41, 5.74) is 6.30. The maximum absolute atomic E-state index is 12.1. The number of carbonyl (C=O) groups excluding carboxylic acids is 2. The van der Waals surface area contributed by atoms with Crippen molar-refractivity contribution in [1.29, 1.82) is 0 Å². The molecule has 0 saturated carbocycles. The Hall–Kier alpha value is -1.84. The molecule has 0 spiro atoms. The molecule has 2 aromatic rings. The van der Waals surface area contributed by atoms with Crippen LogP contribution in [0.15, 0.2) is 54.9 Å². The SMILES string of the molecule is NC(=O)S.O=C(S)N(CCS(=O)Cc1ccccc1)Cc1cccnc1. The first-order valence-electron chi connectivity index (χ1n) is 7.62. The van der Waals surface area contributed by atoms with Gasteiger partial charge in [0.2, 0.25) is 0 Å². The van der Waals surface area contributed by atoms with E-state index < -0.39 is 16.0 Å². The van der Waals surface area contributed by atoms with Crippen molar-refractivity contribution in [3.8, 4) is 0 Å². The number of primary amides is 1. The molecule has 2 amide bonds. The van der Waals surface area contributed by atoms with Crippen LogP contribution in [0.2, 0.25) is 0 Å². The Morgan fingerprint density at radius 2 is 1.69 bits per heavy atom. The lowest BCUT2D eigenvalue weighted by Gasteiger charge is -2.20. The molecule has 0 aliphatic heterocycles. The molecule has 9 heteroatoms. The van der Waals surface area contributed by atoms with Crippen molar-refractivity contribution in [1.82, 2.24) is 9.88 Å². The fourth-order valence-electron chi connectivity index (χ4n) is 2.00. The topological polar surface area (TPSA) is 93.4 Å². The van der Waals surface area contributed by atoms with Crippen LogP contribution in [0.5, 0.6) is 0 Å². The van der Waals surface area contributed by atoms with Gasteiger partial charge in [0.15, 0.2) is 0 Å². The monoisotopic (exact) mass is 411 g/mol. The number of rotatable bonds is 7. The summed E-state index contributed by atoms with van der Waals surface area (Å²) in [7, 11) is -1.01. The zero-order valence-electron chi connectivity index (χ0n) is 14.0. The van der Waals surface area contributed by atoms with Gasteiger partial charge in [0.1, 0.15) is 0 Å². The Bertz CT molecular complexity index is 711. The second-order valence-corrected chi connectivity index (χ2v) is 7.58. The lowest BCUT2D eigenvalue weighted by molar-refractivity contribution is 0.224. The number of hydrogen-bond acceptors (Lipinski definition) is 4. The highest BCUT2D eigenvalue weighted by Gasteiger charge is 2.12. The third-order valence-corrected chi connectivity index (χ3v) is 4.70. The Balaban J connectivity index is 0.000000765. The molecule has 1 atom stereocenters. The fraction of sp³-hybridized carbons (Fsp3) is 0.235. The molecular weight excluding hydrogens is 390 g/mol. The quantitative estimate of drug-likeness (QED) is 0.611. The van der Waals surface area contributed by atoms with Crippen molar-refractivity contribution in [2.75, 3.05) is 12.3 Å². The number of pyridine rings is 1. The summed E-state index contributed by atoms with van der Waals surface area (Å²) in [6.07, 6.45) is 3.40. The van der Waals surface area contributed by atoms with Gasteiger partial charge in [0.05, 0.1) is 0 Å². The number of nitrogens with zero attached hydrogens (tertiary/aromatic N) is 2. The summed E-state index contributed by atoms with van der Waals surface area (Å²) in [5.74, 6) is 0.934. The highest BCUT2D eigenvalue weighted by Crippen LogP contribution is 2.08. The molecule has 1 aromatic carbocycles. The van der Waals surface area contributed by atoms with E-state index in [0.717, 1.165) is 11.1 Å². The minimum atomic E-state index is -1.01. The second-order valence-electron chi connectivity index (χ2n) is 5.18. The van der Waals surface area contributed by atoms with E-state index in [1.807, 2.05) is 42.5 Å². The smallest absolute Gasteiger partial charge is 0.278 e. The lowest BCUT2D eigenvalue weighted by atomic mass is 10.2. The van der Waals surface area contributed by atoms with Crippen LogP contribution in [-0.2, 0) is 23.1 Å². The van der Waals surface area contributed by atoms with E-state index in [-0.39, 0.29) is 5.24 Å². The van der Waals surface area contributed by atoms with Crippen LogP contribution >= 0.6 is 25.3 Å². The van der Waals surface area contributed by atoms with Gasteiger partial charge in [-0.25, -0.2) is 0 Å². The Labute approximate surface area is 166 Å². The lowest BCUT2D eigenvalue weighted by Crippen LogP contribution is -2.30. The maximum atomic E-state index is 12.1. The van der Waals surface area contributed by atoms with E-state index in [2.05, 4.69) is 36.0 Å². The number of amides is 2. The van der Waals surface area contributed by atoms with Gasteiger partial charge in [-0.05, 0) is 17.2 Å². The highest BCUT2D eigenvalue weighted by atomic mass is 32.2. The molecule has 1 aromatic heterocycles. The average Bonchev–Trinajstić information content (AvgIpc) is 2.59. The van der Waals surface area contributed by atoms with Crippen LogP contribution in [0.4, 0.5) is 9.59 Å². The standard InChI is InChI=1S/C16H18N2O2S2.CH3NOS/c19-16(21)18(12-15-7-4-8-17-11-15)9-10-22(20)13-14-5-2-1-3-6-14;2-1(3)4/h1-8,11H,9-10,12-13H2,(H,19,21);(H3,2,3,4). The molecule has 0 radical (unpaired) electrons. The summed E-state index contributed by atoms with van der Waals surface area (Å²) in [5, 5.41) is -0.958. The predicted molar refractivity (Wildman–Crippen MR) is 111 cm³/mol. The van der Waals surface area contributed by atoms with Crippen molar-refractivity contribution >= 4 is 46.5 Å². The van der Waals surface area contributed by atoms with Crippen LogP contribution in [0.1, 0.15) is 11.1 Å². The number of hydrogen-bond donors (Lipinski definition) is 3. The van der Waals surface area contributed by atoms with E-state index in [4.69, 9.17) is 4.79 Å². The van der Waals surface area contributed by atoms with Crippen LogP contribution in [0.3, 0.4) is 0 Å². The molecule has 6 nitrogen and oxygen atoms in total. The van der Waals surface area contributed by atoms with Crippen molar-refractivity contribution in [2.24, 2.45) is 5.73 Å². The Morgan fingerprint density at radius 3 is 2.23 bits per heavy atom. The zero-order chi connectivity index (χ0) is 19.4. The van der Waals surface area contributed by atoms with Gasteiger partial charge < -0.3 is 10.6 Å². The molecule has 1 unspecified atom stereocenters. The number of thiol groups is 2. The minimum absolute atomic E-state index is 0.319. The number of benzene rings is 1. The Morgan fingerprint density at radius 1 is 1.08 bits per heavy atom. The highest BCUT2D eigenvalue weighted by molar-refractivity contribution is 7.96. The average molecular weight is 412 g/mol. The molecule has 0 fully saturated rings. The molecule has 26 heavy (non-hydrogen) atoms. The normalized spacial score (nSPS) is 11.0. The van der Waals surface area contributed by atoms with Crippen LogP contribution < -0.4 is 5.73 Å². The van der Waals surface area contributed by atoms with Gasteiger partial charge in [-0.1, -0.05) is 61.7 Å². The van der Waals surface area contributed by atoms with Crippen molar-refractivity contribution < 1.29 is 13.8 Å². The van der Waals surface area contributed by atoms with Gasteiger partial charge in [-0.3, -0.25) is 18.8 Å². The molecule has 2 rings (SSSR count). The summed E-state index contributed by atoms with van der Waals surface area (Å²) in [4.78, 5) is 26.3. The first kappa shape index (κ1) is 22.2. The third kappa shape index (κ3) is 10.2. The van der Waals surface area contributed by atoms with Crippen molar-refractivity contribution in [3.63, 3.8) is 0 Å². The molecule has 1 heterocycles. The van der Waals surface area contributed by atoms with Gasteiger partial charge in [0, 0.05) is 47.8 Å².